The lowest BCUT2D eigenvalue weighted by molar-refractivity contribution is 0.135. The van der Waals surface area contributed by atoms with Gasteiger partial charge in [-0.25, -0.2) is 4.79 Å². The number of nitrogens with zero attached hydrogens (tertiary/aromatic N) is 2. The van der Waals surface area contributed by atoms with Crippen LogP contribution in [0.3, 0.4) is 0 Å². The predicted octanol–water partition coefficient (Wildman–Crippen LogP) is 1.15. The fraction of sp³-hybridized carbons (Fsp3) is 0.875. The number of rotatable bonds is 2. The molecule has 1 aliphatic rings. The summed E-state index contributed by atoms with van der Waals surface area (Å²) in [6.45, 7) is 7.61. The first kappa shape index (κ1) is 8.37. The molecule has 1 heterocycles. The molecule has 0 aliphatic carbocycles. The molecular weight excluding hydrogens is 140 g/mol. The summed E-state index contributed by atoms with van der Waals surface area (Å²) >= 11 is 0. The van der Waals surface area contributed by atoms with Gasteiger partial charge in [-0.2, -0.15) is 0 Å². The molecule has 0 aromatic heterocycles. The summed E-state index contributed by atoms with van der Waals surface area (Å²) in [7, 11) is 0. The molecule has 1 fully saturated rings. The first-order chi connectivity index (χ1) is 5.29. The molecule has 0 aromatic carbocycles. The number of carbonyl (C=O) groups is 1. The number of amides is 2. The Morgan fingerprint density at radius 3 is 2.00 bits per heavy atom. The third-order valence-electron chi connectivity index (χ3n) is 2.16. The largest absolute Gasteiger partial charge is 0.325 e. The van der Waals surface area contributed by atoms with Crippen molar-refractivity contribution in [2.24, 2.45) is 0 Å². The molecule has 3 nitrogen and oxygen atoms in total. The van der Waals surface area contributed by atoms with Gasteiger partial charge in [0.25, 0.3) is 0 Å². The average Bonchev–Trinajstić information content (AvgIpc) is 2.05. The monoisotopic (exact) mass is 156 g/mol. The van der Waals surface area contributed by atoms with Crippen molar-refractivity contribution < 1.29 is 4.79 Å². The van der Waals surface area contributed by atoms with Crippen LogP contribution in [0, 0.1) is 0 Å². The van der Waals surface area contributed by atoms with Crippen molar-refractivity contribution in [1.29, 1.82) is 0 Å². The van der Waals surface area contributed by atoms with Gasteiger partial charge < -0.3 is 9.80 Å². The lowest BCUT2D eigenvalue weighted by Crippen LogP contribution is -2.48. The molecule has 0 bridgehead atoms. The zero-order chi connectivity index (χ0) is 8.27. The minimum atomic E-state index is 0.209. The van der Waals surface area contributed by atoms with Crippen molar-refractivity contribution in [3.63, 3.8) is 0 Å². The van der Waals surface area contributed by atoms with Gasteiger partial charge in [0.05, 0.1) is 0 Å². The average molecular weight is 156 g/mol. The highest BCUT2D eigenvalue weighted by atomic mass is 16.2. The molecule has 64 valence electrons. The molecule has 3 heteroatoms. The number of hydrogen-bond donors (Lipinski definition) is 0. The number of carbonyl (C=O) groups excluding carboxylic acids is 1. The zero-order valence-corrected chi connectivity index (χ0v) is 7.34. The predicted molar refractivity (Wildman–Crippen MR) is 44.5 cm³/mol. The second-order valence-corrected chi connectivity index (χ2v) is 2.80. The quantitative estimate of drug-likeness (QED) is 0.588. The smallest absolute Gasteiger partial charge is 0.319 e. The van der Waals surface area contributed by atoms with Crippen LogP contribution in [0.25, 0.3) is 0 Å². The highest BCUT2D eigenvalue weighted by molar-refractivity contribution is 5.75. The maximum Gasteiger partial charge on any atom is 0.319 e. The van der Waals surface area contributed by atoms with E-state index in [9.17, 15) is 4.79 Å². The summed E-state index contributed by atoms with van der Waals surface area (Å²) in [6.07, 6.45) is 1.12. The standard InChI is InChI=1S/C8H16N2O/c1-3-9-6-5-7-10(4-2)8(9)11/h3-7H2,1-2H3. The first-order valence-corrected chi connectivity index (χ1v) is 4.33. The minimum absolute atomic E-state index is 0.209. The normalized spacial score (nSPS) is 19.3. The lowest BCUT2D eigenvalue weighted by Gasteiger charge is -2.34. The molecule has 0 atom stereocenters. The van der Waals surface area contributed by atoms with E-state index < -0.39 is 0 Å². The van der Waals surface area contributed by atoms with Crippen molar-refractivity contribution in [2.75, 3.05) is 26.2 Å². The van der Waals surface area contributed by atoms with Crippen LogP contribution in [-0.2, 0) is 0 Å². The summed E-state index contributed by atoms with van der Waals surface area (Å²) in [5.41, 5.74) is 0. The van der Waals surface area contributed by atoms with Crippen LogP contribution >= 0.6 is 0 Å². The van der Waals surface area contributed by atoms with Gasteiger partial charge in [-0.3, -0.25) is 0 Å². The molecule has 0 unspecified atom stereocenters. The topological polar surface area (TPSA) is 23.6 Å². The minimum Gasteiger partial charge on any atom is -0.325 e. The Morgan fingerprint density at radius 2 is 1.64 bits per heavy atom. The Balaban J connectivity index is 2.52. The van der Waals surface area contributed by atoms with Crippen LogP contribution in [-0.4, -0.2) is 42.0 Å². The van der Waals surface area contributed by atoms with Crippen molar-refractivity contribution in [1.82, 2.24) is 9.80 Å². The van der Waals surface area contributed by atoms with Crippen LogP contribution < -0.4 is 0 Å². The third kappa shape index (κ3) is 1.64. The van der Waals surface area contributed by atoms with E-state index in [1.807, 2.05) is 23.6 Å². The lowest BCUT2D eigenvalue weighted by atomic mass is 10.3. The van der Waals surface area contributed by atoms with Crippen LogP contribution in [0.2, 0.25) is 0 Å². The summed E-state index contributed by atoms with van der Waals surface area (Å²) in [5.74, 6) is 0. The maximum atomic E-state index is 11.4. The second kappa shape index (κ2) is 3.60. The highest BCUT2D eigenvalue weighted by Crippen LogP contribution is 2.07. The van der Waals surface area contributed by atoms with Crippen molar-refractivity contribution in [2.45, 2.75) is 20.3 Å². The summed E-state index contributed by atoms with van der Waals surface area (Å²) in [4.78, 5) is 15.2. The Bertz CT molecular complexity index is 133. The molecule has 0 aromatic rings. The SMILES string of the molecule is CCN1CCCN(CC)C1=O. The fourth-order valence-electron chi connectivity index (χ4n) is 1.43. The number of hydrogen-bond acceptors (Lipinski definition) is 1. The van der Waals surface area contributed by atoms with Crippen LogP contribution in [0.4, 0.5) is 4.79 Å². The van der Waals surface area contributed by atoms with E-state index in [0.29, 0.717) is 0 Å². The van der Waals surface area contributed by atoms with Gasteiger partial charge in [0.2, 0.25) is 0 Å². The second-order valence-electron chi connectivity index (χ2n) is 2.80. The molecule has 0 saturated carbocycles. The molecule has 1 rings (SSSR count). The fourth-order valence-corrected chi connectivity index (χ4v) is 1.43. The summed E-state index contributed by atoms with van der Waals surface area (Å²) < 4.78 is 0. The van der Waals surface area contributed by atoms with E-state index >= 15 is 0 Å². The van der Waals surface area contributed by atoms with E-state index in [4.69, 9.17) is 0 Å². The maximum absolute atomic E-state index is 11.4. The van der Waals surface area contributed by atoms with Crippen LogP contribution in [0.15, 0.2) is 0 Å². The number of urea groups is 1. The molecule has 2 amide bonds. The molecule has 1 saturated heterocycles. The van der Waals surface area contributed by atoms with E-state index in [-0.39, 0.29) is 6.03 Å². The van der Waals surface area contributed by atoms with E-state index in [1.165, 1.54) is 0 Å². The van der Waals surface area contributed by atoms with Crippen molar-refractivity contribution in [3.05, 3.63) is 0 Å². The Hall–Kier alpha value is -0.730. The van der Waals surface area contributed by atoms with Gasteiger partial charge in [-0.05, 0) is 20.3 Å². The molecule has 0 spiro atoms. The molecule has 0 N–H and O–H groups in total. The van der Waals surface area contributed by atoms with Gasteiger partial charge >= 0.3 is 6.03 Å². The molecule has 1 aliphatic heterocycles. The van der Waals surface area contributed by atoms with E-state index in [1.54, 1.807) is 0 Å². The third-order valence-corrected chi connectivity index (χ3v) is 2.16. The zero-order valence-electron chi connectivity index (χ0n) is 7.34. The van der Waals surface area contributed by atoms with Crippen LogP contribution in [0.1, 0.15) is 20.3 Å². The molecular formula is C8H16N2O. The Morgan fingerprint density at radius 1 is 1.18 bits per heavy atom. The van der Waals surface area contributed by atoms with Crippen LogP contribution in [0.5, 0.6) is 0 Å². The summed E-state index contributed by atoms with van der Waals surface area (Å²) in [5, 5.41) is 0. The van der Waals surface area contributed by atoms with Crippen molar-refractivity contribution >= 4 is 6.03 Å². The highest BCUT2D eigenvalue weighted by Gasteiger charge is 2.22. The van der Waals surface area contributed by atoms with Crippen molar-refractivity contribution in [3.8, 4) is 0 Å². The Kier molecular flexibility index (Phi) is 2.74. The van der Waals surface area contributed by atoms with Gasteiger partial charge in [0.15, 0.2) is 0 Å². The van der Waals surface area contributed by atoms with E-state index in [0.717, 1.165) is 32.6 Å². The van der Waals surface area contributed by atoms with Gasteiger partial charge in [0.1, 0.15) is 0 Å². The Labute approximate surface area is 68.0 Å². The van der Waals surface area contributed by atoms with Gasteiger partial charge in [-0.15, -0.1) is 0 Å². The molecule has 11 heavy (non-hydrogen) atoms. The van der Waals surface area contributed by atoms with E-state index in [2.05, 4.69) is 0 Å². The van der Waals surface area contributed by atoms with Gasteiger partial charge in [0, 0.05) is 26.2 Å². The molecule has 0 radical (unpaired) electrons. The first-order valence-electron chi connectivity index (χ1n) is 4.33. The summed E-state index contributed by atoms with van der Waals surface area (Å²) in [6, 6.07) is 0.209. The van der Waals surface area contributed by atoms with Gasteiger partial charge in [-0.1, -0.05) is 0 Å².